The zero-order valence-corrected chi connectivity index (χ0v) is 18.8. The van der Waals surface area contributed by atoms with Crippen LogP contribution in [-0.4, -0.2) is 33.2 Å². The lowest BCUT2D eigenvalue weighted by atomic mass is 9.87. The summed E-state index contributed by atoms with van der Waals surface area (Å²) < 4.78 is 1.77. The molecule has 2 N–H and O–H groups in total. The van der Waals surface area contributed by atoms with Crippen molar-refractivity contribution < 1.29 is 9.90 Å². The molecule has 0 aliphatic heterocycles. The van der Waals surface area contributed by atoms with Crippen molar-refractivity contribution in [3.05, 3.63) is 40.3 Å². The molecule has 1 aromatic carbocycles. The lowest BCUT2D eigenvalue weighted by Crippen LogP contribution is -2.38. The first-order chi connectivity index (χ1) is 15.6. The van der Waals surface area contributed by atoms with Gasteiger partial charge >= 0.3 is 5.97 Å². The van der Waals surface area contributed by atoms with Gasteiger partial charge in [-0.2, -0.15) is 0 Å². The second kappa shape index (κ2) is 9.34. The van der Waals surface area contributed by atoms with Gasteiger partial charge in [0.1, 0.15) is 0 Å². The minimum absolute atomic E-state index is 0.0102. The van der Waals surface area contributed by atoms with Gasteiger partial charge in [0.25, 0.3) is 5.56 Å². The van der Waals surface area contributed by atoms with E-state index in [0.717, 1.165) is 43.2 Å². The molecule has 1 unspecified atom stereocenters. The van der Waals surface area contributed by atoms with Gasteiger partial charge in [-0.15, -0.1) is 0 Å². The maximum atomic E-state index is 13.3. The first-order valence-corrected chi connectivity index (χ1v) is 12.6. The van der Waals surface area contributed by atoms with Gasteiger partial charge in [0.05, 0.1) is 11.0 Å². The summed E-state index contributed by atoms with van der Waals surface area (Å²) in [6, 6.07) is 7.85. The molecule has 6 nitrogen and oxygen atoms in total. The highest BCUT2D eigenvalue weighted by Crippen LogP contribution is 2.49. The number of carbonyl (C=O) groups is 1. The Kier molecular flexibility index (Phi) is 6.31. The second-order valence-electron chi connectivity index (χ2n) is 10.3. The van der Waals surface area contributed by atoms with Crippen LogP contribution in [0.4, 0.5) is 0 Å². The van der Waals surface area contributed by atoms with E-state index in [1.165, 1.54) is 51.4 Å². The third-order valence-electron chi connectivity index (χ3n) is 8.16. The van der Waals surface area contributed by atoms with Crippen LogP contribution in [0.5, 0.6) is 0 Å². The van der Waals surface area contributed by atoms with Gasteiger partial charge in [-0.05, 0) is 75.0 Å². The Balaban J connectivity index is 1.40. The topological polar surface area (TPSA) is 84.2 Å². The number of carboxylic acid groups (broad SMARTS) is 1. The van der Waals surface area contributed by atoms with Crippen LogP contribution in [0, 0.1) is 17.8 Å². The Morgan fingerprint density at radius 2 is 1.84 bits per heavy atom. The molecule has 3 saturated carbocycles. The van der Waals surface area contributed by atoms with Crippen LogP contribution in [0.2, 0.25) is 0 Å². The van der Waals surface area contributed by atoms with E-state index in [9.17, 15) is 14.7 Å². The van der Waals surface area contributed by atoms with Crippen LogP contribution in [0.25, 0.3) is 11.0 Å². The molecule has 1 aromatic heterocycles. The van der Waals surface area contributed by atoms with Crippen LogP contribution in [-0.2, 0) is 0 Å². The third kappa shape index (κ3) is 4.61. The summed E-state index contributed by atoms with van der Waals surface area (Å²) in [5, 5.41) is 13.4. The van der Waals surface area contributed by atoms with Crippen molar-refractivity contribution in [3.63, 3.8) is 0 Å². The maximum Gasteiger partial charge on any atom is 0.360 e. The Morgan fingerprint density at radius 1 is 1.03 bits per heavy atom. The fraction of sp³-hybridized carbons (Fsp3) is 0.654. The molecule has 4 atom stereocenters. The summed E-state index contributed by atoms with van der Waals surface area (Å²) >= 11 is 0. The van der Waals surface area contributed by atoms with Gasteiger partial charge in [0, 0.05) is 12.1 Å². The highest BCUT2D eigenvalue weighted by molar-refractivity contribution is 5.88. The van der Waals surface area contributed by atoms with Gasteiger partial charge in [0.15, 0.2) is 0 Å². The average Bonchev–Trinajstić information content (AvgIpc) is 3.52. The van der Waals surface area contributed by atoms with E-state index in [1.807, 2.05) is 18.2 Å². The normalized spacial score (nSPS) is 28.6. The molecule has 6 heteroatoms. The van der Waals surface area contributed by atoms with Gasteiger partial charge < -0.3 is 15.0 Å². The number of para-hydroxylation sites is 2. The molecule has 172 valence electrons. The monoisotopic (exact) mass is 437 g/mol. The Bertz CT molecular complexity index is 1030. The number of aromatic carboxylic acids is 1. The highest BCUT2D eigenvalue weighted by Gasteiger charge is 2.41. The summed E-state index contributed by atoms with van der Waals surface area (Å²) in [4.78, 5) is 29.2. The number of hydrogen-bond acceptors (Lipinski definition) is 4. The van der Waals surface area contributed by atoms with Crippen molar-refractivity contribution in [2.75, 3.05) is 6.54 Å². The molecule has 3 fully saturated rings. The number of nitrogens with zero attached hydrogens (tertiary/aromatic N) is 2. The summed E-state index contributed by atoms with van der Waals surface area (Å²) in [7, 11) is 0. The summed E-state index contributed by atoms with van der Waals surface area (Å²) in [6.07, 6.45) is 13.6. The van der Waals surface area contributed by atoms with E-state index in [4.69, 9.17) is 0 Å². The molecule has 0 spiro atoms. The van der Waals surface area contributed by atoms with Crippen molar-refractivity contribution in [2.24, 2.45) is 17.8 Å². The number of benzene rings is 1. The zero-order chi connectivity index (χ0) is 22.1. The number of rotatable bonds is 6. The minimum atomic E-state index is -1.24. The Morgan fingerprint density at radius 3 is 2.66 bits per heavy atom. The van der Waals surface area contributed by atoms with E-state index in [0.29, 0.717) is 17.5 Å². The molecular weight excluding hydrogens is 402 g/mol. The Hall–Kier alpha value is -2.21. The standard InChI is InChI=1S/C26H35N3O3/c30-25-24(26(31)32)28-22-8-4-5-9-23(22)29(25)21-15-19-14-18(19)10-11-20(16-21)27-13-12-17-6-2-1-3-7-17/h4-5,8-9,17-21,27H,1-3,6-7,10-16H2,(H,31,32)/t18?,19-,20-,21-/m0/s1. The van der Waals surface area contributed by atoms with Gasteiger partial charge in [-0.3, -0.25) is 4.79 Å². The summed E-state index contributed by atoms with van der Waals surface area (Å²) in [5.74, 6) is 1.04. The maximum absolute atomic E-state index is 13.3. The molecule has 5 rings (SSSR count). The largest absolute Gasteiger partial charge is 0.476 e. The number of aromatic nitrogens is 2. The molecule has 0 amide bonds. The van der Waals surface area contributed by atoms with Crippen molar-refractivity contribution in [1.29, 1.82) is 0 Å². The first-order valence-electron chi connectivity index (χ1n) is 12.6. The quantitative estimate of drug-likeness (QED) is 0.680. The zero-order valence-electron chi connectivity index (χ0n) is 18.8. The van der Waals surface area contributed by atoms with Crippen molar-refractivity contribution >= 4 is 17.0 Å². The second-order valence-corrected chi connectivity index (χ2v) is 10.3. The van der Waals surface area contributed by atoms with Gasteiger partial charge in [-0.1, -0.05) is 44.2 Å². The Labute approximate surface area is 189 Å². The van der Waals surface area contributed by atoms with Crippen molar-refractivity contribution in [2.45, 2.75) is 82.7 Å². The number of nitrogens with one attached hydrogen (secondary N) is 1. The lowest BCUT2D eigenvalue weighted by Gasteiger charge is -2.30. The number of hydrogen-bond donors (Lipinski definition) is 2. The van der Waals surface area contributed by atoms with E-state index in [1.54, 1.807) is 10.6 Å². The number of carboxylic acids is 1. The predicted octanol–water partition coefficient (Wildman–Crippen LogP) is 4.77. The van der Waals surface area contributed by atoms with Gasteiger partial charge in [-0.25, -0.2) is 9.78 Å². The van der Waals surface area contributed by atoms with Crippen LogP contribution < -0.4 is 10.9 Å². The van der Waals surface area contributed by atoms with Crippen LogP contribution in [0.15, 0.2) is 29.1 Å². The molecule has 3 aliphatic rings. The fourth-order valence-corrected chi connectivity index (χ4v) is 6.28. The van der Waals surface area contributed by atoms with Gasteiger partial charge in [0.2, 0.25) is 5.69 Å². The molecular formula is C26H35N3O3. The molecule has 32 heavy (non-hydrogen) atoms. The van der Waals surface area contributed by atoms with E-state index < -0.39 is 11.5 Å². The first kappa shape index (κ1) is 21.6. The van der Waals surface area contributed by atoms with Crippen molar-refractivity contribution in [1.82, 2.24) is 14.9 Å². The van der Waals surface area contributed by atoms with E-state index in [-0.39, 0.29) is 11.7 Å². The average molecular weight is 438 g/mol. The molecule has 0 saturated heterocycles. The third-order valence-corrected chi connectivity index (χ3v) is 8.16. The SMILES string of the molecule is O=C(O)c1nc2ccccc2n([C@@H]2C[C@@H](NCCC3CCCCC3)CCC3C[C@H]3C2)c1=O. The van der Waals surface area contributed by atoms with Crippen LogP contribution in [0.1, 0.15) is 87.2 Å². The van der Waals surface area contributed by atoms with E-state index >= 15 is 0 Å². The smallest absolute Gasteiger partial charge is 0.360 e. The van der Waals surface area contributed by atoms with Crippen LogP contribution in [0.3, 0.4) is 0 Å². The molecule has 0 radical (unpaired) electrons. The number of fused-ring (bicyclic) bond motifs is 2. The molecule has 0 bridgehead atoms. The molecule has 2 aromatic rings. The van der Waals surface area contributed by atoms with Crippen LogP contribution >= 0.6 is 0 Å². The fourth-order valence-electron chi connectivity index (χ4n) is 6.28. The lowest BCUT2D eigenvalue weighted by molar-refractivity contribution is 0.0687. The summed E-state index contributed by atoms with van der Waals surface area (Å²) in [5.41, 5.74) is 0.520. The highest BCUT2D eigenvalue weighted by atomic mass is 16.4. The minimum Gasteiger partial charge on any atom is -0.476 e. The molecule has 1 heterocycles. The summed E-state index contributed by atoms with van der Waals surface area (Å²) in [6.45, 7) is 1.04. The van der Waals surface area contributed by atoms with E-state index in [2.05, 4.69) is 10.3 Å². The van der Waals surface area contributed by atoms with Crippen molar-refractivity contribution in [3.8, 4) is 0 Å². The molecule has 3 aliphatic carbocycles. The predicted molar refractivity (Wildman–Crippen MR) is 125 cm³/mol.